The third-order valence-electron chi connectivity index (χ3n) is 2.81. The number of nitrogens with two attached hydrogens (primary N) is 1. The maximum Gasteiger partial charge on any atom is 0.224 e. The predicted molar refractivity (Wildman–Crippen MR) is 71.7 cm³/mol. The minimum Gasteiger partial charge on any atom is -0.388 e. The van der Waals surface area contributed by atoms with Gasteiger partial charge in [-0.25, -0.2) is 0 Å². The largest absolute Gasteiger partial charge is 0.388 e. The number of rotatable bonds is 6. The zero-order valence-electron chi connectivity index (χ0n) is 11.0. The first kappa shape index (κ1) is 13.5. The van der Waals surface area contributed by atoms with Crippen molar-refractivity contribution in [1.29, 1.82) is 0 Å². The number of nitrogen functional groups attached to an aromatic ring is 1. The molecule has 2 aromatic rings. The Bertz CT molecular complexity index is 553. The molecule has 0 aliphatic rings. The molecule has 2 rings (SSSR count). The van der Waals surface area contributed by atoms with Crippen LogP contribution in [0.4, 0.5) is 11.8 Å². The summed E-state index contributed by atoms with van der Waals surface area (Å²) >= 11 is 0. The monoisotopic (exact) mass is 266 g/mol. The van der Waals surface area contributed by atoms with Gasteiger partial charge in [0.1, 0.15) is 5.82 Å². The number of nitrogens with one attached hydrogen (secondary N) is 2. The molecule has 5 N–H and O–H groups in total. The summed E-state index contributed by atoms with van der Waals surface area (Å²) in [6, 6.07) is 0. The highest BCUT2D eigenvalue weighted by molar-refractivity contribution is 5.86. The van der Waals surface area contributed by atoms with Crippen molar-refractivity contribution in [3.63, 3.8) is 0 Å². The number of fused-ring (bicyclic) bond motifs is 1. The lowest BCUT2D eigenvalue weighted by Crippen LogP contribution is -2.35. The molecule has 0 saturated heterocycles. The molecule has 0 aromatic carbocycles. The number of aromatic nitrogens is 4. The Morgan fingerprint density at radius 3 is 3.05 bits per heavy atom. The smallest absolute Gasteiger partial charge is 0.224 e. The Morgan fingerprint density at radius 1 is 1.53 bits per heavy atom. The molecular formula is C11H18N6O2. The number of aliphatic hydroxyl groups is 1. The summed E-state index contributed by atoms with van der Waals surface area (Å²) in [6.07, 6.45) is 2.13. The molecule has 0 spiro atoms. The maximum absolute atomic E-state index is 10.2. The predicted octanol–water partition coefficient (Wildman–Crippen LogP) is 0.135. The Kier molecular flexibility index (Phi) is 3.82. The maximum atomic E-state index is 10.2. The average molecular weight is 266 g/mol. The van der Waals surface area contributed by atoms with Crippen LogP contribution in [0, 0.1) is 0 Å². The van der Waals surface area contributed by atoms with E-state index in [1.54, 1.807) is 20.2 Å². The Morgan fingerprint density at radius 2 is 2.32 bits per heavy atom. The van der Waals surface area contributed by atoms with E-state index in [1.165, 1.54) is 0 Å². The van der Waals surface area contributed by atoms with Crippen LogP contribution in [-0.4, -0.2) is 51.1 Å². The molecule has 19 heavy (non-hydrogen) atoms. The van der Waals surface area contributed by atoms with Gasteiger partial charge < -0.3 is 20.9 Å². The minimum atomic E-state index is -0.897. The SMILES string of the molecule is COCCC(C)(O)CNc1nc(N)nc2[nH]ncc12. The first-order chi connectivity index (χ1) is 9.02. The van der Waals surface area contributed by atoms with Gasteiger partial charge in [0.05, 0.1) is 17.2 Å². The van der Waals surface area contributed by atoms with Crippen LogP contribution >= 0.6 is 0 Å². The standard InChI is InChI=1S/C11H18N6O2/c1-11(18,3-4-19-2)6-13-8-7-5-14-17-9(7)16-10(12)15-8/h5,18H,3-4,6H2,1-2H3,(H4,12,13,14,15,16,17). The number of H-pyrrole nitrogens is 1. The molecule has 8 heteroatoms. The normalized spacial score (nSPS) is 14.5. The van der Waals surface area contributed by atoms with E-state index in [0.29, 0.717) is 31.0 Å². The Labute approximate surface area is 110 Å². The second kappa shape index (κ2) is 5.37. The van der Waals surface area contributed by atoms with Gasteiger partial charge in [-0.15, -0.1) is 0 Å². The second-order valence-electron chi connectivity index (χ2n) is 4.66. The van der Waals surface area contributed by atoms with E-state index < -0.39 is 5.60 Å². The summed E-state index contributed by atoms with van der Waals surface area (Å²) in [6.45, 7) is 2.55. The molecule has 0 radical (unpaired) electrons. The van der Waals surface area contributed by atoms with Gasteiger partial charge in [0, 0.05) is 26.7 Å². The van der Waals surface area contributed by atoms with Crippen molar-refractivity contribution in [3.8, 4) is 0 Å². The van der Waals surface area contributed by atoms with Gasteiger partial charge in [0.2, 0.25) is 5.95 Å². The fourth-order valence-corrected chi connectivity index (χ4v) is 1.67. The highest BCUT2D eigenvalue weighted by atomic mass is 16.5. The molecule has 1 unspecified atom stereocenters. The van der Waals surface area contributed by atoms with Crippen molar-refractivity contribution in [1.82, 2.24) is 20.2 Å². The quantitative estimate of drug-likeness (QED) is 0.586. The molecular weight excluding hydrogens is 248 g/mol. The molecule has 2 heterocycles. The lowest BCUT2D eigenvalue weighted by atomic mass is 10.0. The number of hydrogen-bond donors (Lipinski definition) is 4. The van der Waals surface area contributed by atoms with Crippen molar-refractivity contribution >= 4 is 22.8 Å². The van der Waals surface area contributed by atoms with E-state index >= 15 is 0 Å². The molecule has 0 saturated carbocycles. The first-order valence-electron chi connectivity index (χ1n) is 5.93. The van der Waals surface area contributed by atoms with E-state index in [0.717, 1.165) is 5.39 Å². The van der Waals surface area contributed by atoms with Gasteiger partial charge in [0.25, 0.3) is 0 Å². The van der Waals surface area contributed by atoms with Crippen LogP contribution < -0.4 is 11.1 Å². The highest BCUT2D eigenvalue weighted by Gasteiger charge is 2.20. The van der Waals surface area contributed by atoms with Crippen LogP contribution in [-0.2, 0) is 4.74 Å². The second-order valence-corrected chi connectivity index (χ2v) is 4.66. The summed E-state index contributed by atoms with van der Waals surface area (Å²) in [7, 11) is 1.60. The molecule has 0 bridgehead atoms. The zero-order valence-corrected chi connectivity index (χ0v) is 11.0. The van der Waals surface area contributed by atoms with Gasteiger partial charge in [-0.2, -0.15) is 15.1 Å². The number of aromatic amines is 1. The molecule has 8 nitrogen and oxygen atoms in total. The molecule has 0 amide bonds. The fourth-order valence-electron chi connectivity index (χ4n) is 1.67. The molecule has 0 fully saturated rings. The lowest BCUT2D eigenvalue weighted by molar-refractivity contribution is 0.0357. The van der Waals surface area contributed by atoms with Crippen molar-refractivity contribution in [2.24, 2.45) is 0 Å². The number of methoxy groups -OCH3 is 1. The summed E-state index contributed by atoms with van der Waals surface area (Å²) in [4.78, 5) is 8.13. The van der Waals surface area contributed by atoms with Gasteiger partial charge in [-0.05, 0) is 6.92 Å². The van der Waals surface area contributed by atoms with Gasteiger partial charge in [0.15, 0.2) is 5.65 Å². The fraction of sp³-hybridized carbons (Fsp3) is 0.545. The van der Waals surface area contributed by atoms with Crippen LogP contribution in [0.25, 0.3) is 11.0 Å². The van der Waals surface area contributed by atoms with Crippen LogP contribution in [0.15, 0.2) is 6.20 Å². The van der Waals surface area contributed by atoms with Crippen molar-refractivity contribution in [2.75, 3.05) is 31.3 Å². The first-order valence-corrected chi connectivity index (χ1v) is 5.93. The van der Waals surface area contributed by atoms with Gasteiger partial charge in [-0.1, -0.05) is 0 Å². The number of ether oxygens (including phenoxy) is 1. The van der Waals surface area contributed by atoms with Crippen molar-refractivity contribution in [3.05, 3.63) is 6.20 Å². The van der Waals surface area contributed by atoms with Gasteiger partial charge >= 0.3 is 0 Å². The lowest BCUT2D eigenvalue weighted by Gasteiger charge is -2.23. The number of anilines is 2. The van der Waals surface area contributed by atoms with E-state index in [9.17, 15) is 5.11 Å². The topological polar surface area (TPSA) is 122 Å². The number of hydrogen-bond acceptors (Lipinski definition) is 7. The van der Waals surface area contributed by atoms with Crippen LogP contribution in [0.1, 0.15) is 13.3 Å². The molecule has 0 aliphatic heterocycles. The summed E-state index contributed by atoms with van der Waals surface area (Å²) in [5.41, 5.74) is 5.28. The Hall–Kier alpha value is -1.93. The molecule has 1 atom stereocenters. The highest BCUT2D eigenvalue weighted by Crippen LogP contribution is 2.20. The van der Waals surface area contributed by atoms with Crippen molar-refractivity contribution in [2.45, 2.75) is 18.9 Å². The molecule has 104 valence electrons. The zero-order chi connectivity index (χ0) is 13.9. The number of nitrogens with zero attached hydrogens (tertiary/aromatic N) is 3. The van der Waals surface area contributed by atoms with Crippen LogP contribution in [0.2, 0.25) is 0 Å². The Balaban J connectivity index is 2.11. The van der Waals surface area contributed by atoms with E-state index in [2.05, 4.69) is 25.5 Å². The molecule has 2 aromatic heterocycles. The van der Waals surface area contributed by atoms with E-state index in [4.69, 9.17) is 10.5 Å². The summed E-state index contributed by atoms with van der Waals surface area (Å²) in [5, 5.41) is 20.6. The summed E-state index contributed by atoms with van der Waals surface area (Å²) in [5.74, 6) is 0.699. The van der Waals surface area contributed by atoms with Crippen LogP contribution in [0.5, 0.6) is 0 Å². The van der Waals surface area contributed by atoms with E-state index in [-0.39, 0.29) is 5.95 Å². The third-order valence-corrected chi connectivity index (χ3v) is 2.81. The average Bonchev–Trinajstić information content (AvgIpc) is 2.81. The van der Waals surface area contributed by atoms with Crippen molar-refractivity contribution < 1.29 is 9.84 Å². The summed E-state index contributed by atoms with van der Waals surface area (Å²) < 4.78 is 4.96. The van der Waals surface area contributed by atoms with Gasteiger partial charge in [-0.3, -0.25) is 5.10 Å². The van der Waals surface area contributed by atoms with E-state index in [1.807, 2.05) is 0 Å². The minimum absolute atomic E-state index is 0.149. The van der Waals surface area contributed by atoms with Crippen LogP contribution in [0.3, 0.4) is 0 Å². The third kappa shape index (κ3) is 3.30. The molecule has 0 aliphatic carbocycles.